The minimum Gasteiger partial charge on any atom is -0.382 e. The molecule has 1 aromatic rings. The predicted octanol–water partition coefficient (Wildman–Crippen LogP) is 0.122. The zero-order chi connectivity index (χ0) is 9.14. The van der Waals surface area contributed by atoms with Crippen molar-refractivity contribution in [3.05, 3.63) is 10.7 Å². The molecule has 0 spiro atoms. The smallest absolute Gasteiger partial charge is 0.152 e. The van der Waals surface area contributed by atoms with Crippen LogP contribution in [-0.4, -0.2) is 21.7 Å². The first kappa shape index (κ1) is 9.31. The molecule has 1 heterocycles. The second-order valence-electron chi connectivity index (χ2n) is 2.26. The van der Waals surface area contributed by atoms with Gasteiger partial charge in [0.2, 0.25) is 0 Å². The van der Waals surface area contributed by atoms with Crippen LogP contribution in [0.25, 0.3) is 0 Å². The Balaban J connectivity index is 2.82. The quantitative estimate of drug-likeness (QED) is 0.666. The molecule has 1 rings (SSSR count). The first-order valence-corrected chi connectivity index (χ1v) is 3.70. The third kappa shape index (κ3) is 1.69. The van der Waals surface area contributed by atoms with Crippen molar-refractivity contribution in [2.75, 3.05) is 12.5 Å². The van der Waals surface area contributed by atoms with E-state index in [4.69, 9.17) is 27.2 Å². The monoisotopic (exact) mass is 191 g/mol. The van der Waals surface area contributed by atoms with Gasteiger partial charge in [-0.25, -0.2) is 0 Å². The molecule has 0 bridgehead atoms. The molecule has 0 aromatic carbocycles. The summed E-state index contributed by atoms with van der Waals surface area (Å²) in [5, 5.41) is 12.7. The number of aliphatic hydroxyl groups is 1. The fourth-order valence-electron chi connectivity index (χ4n) is 0.848. The second-order valence-corrected chi connectivity index (χ2v) is 2.61. The maximum absolute atomic E-state index is 8.38. The number of ether oxygens (including phenoxy) is 1. The number of rotatable bonds is 3. The van der Waals surface area contributed by atoms with Crippen molar-refractivity contribution >= 4 is 17.4 Å². The predicted molar refractivity (Wildman–Crippen MR) is 44.5 cm³/mol. The van der Waals surface area contributed by atoms with Gasteiger partial charge >= 0.3 is 0 Å². The van der Waals surface area contributed by atoms with E-state index in [0.717, 1.165) is 0 Å². The Morgan fingerprint density at radius 3 is 2.83 bits per heavy atom. The number of hydrogen-bond donors (Lipinski definition) is 2. The molecule has 0 aliphatic rings. The van der Waals surface area contributed by atoms with Crippen molar-refractivity contribution in [2.24, 2.45) is 7.05 Å². The van der Waals surface area contributed by atoms with E-state index in [9.17, 15) is 0 Å². The Kier molecular flexibility index (Phi) is 2.91. The molecule has 0 aliphatic heterocycles. The van der Waals surface area contributed by atoms with Crippen molar-refractivity contribution < 1.29 is 9.84 Å². The Morgan fingerprint density at radius 1 is 1.75 bits per heavy atom. The van der Waals surface area contributed by atoms with Gasteiger partial charge in [0.25, 0.3) is 0 Å². The summed E-state index contributed by atoms with van der Waals surface area (Å²) in [5.41, 5.74) is 6.11. The van der Waals surface area contributed by atoms with Crippen molar-refractivity contribution in [2.45, 2.75) is 6.61 Å². The summed E-state index contributed by atoms with van der Waals surface area (Å²) >= 11 is 5.81. The third-order valence-corrected chi connectivity index (χ3v) is 1.91. The van der Waals surface area contributed by atoms with Crippen molar-refractivity contribution in [3.63, 3.8) is 0 Å². The lowest BCUT2D eigenvalue weighted by atomic mass is 10.3. The molecular formula is C6H10ClN3O2. The van der Waals surface area contributed by atoms with Gasteiger partial charge in [-0.1, -0.05) is 11.6 Å². The molecule has 0 saturated heterocycles. The van der Waals surface area contributed by atoms with Crippen molar-refractivity contribution in [1.82, 2.24) is 9.78 Å². The number of nitrogens with two attached hydrogens (primary N) is 1. The van der Waals surface area contributed by atoms with Gasteiger partial charge in [-0.05, 0) is 0 Å². The lowest BCUT2D eigenvalue weighted by Gasteiger charge is -1.98. The minimum atomic E-state index is -0.356. The van der Waals surface area contributed by atoms with E-state index in [1.54, 1.807) is 7.05 Å². The first-order valence-electron chi connectivity index (χ1n) is 3.32. The van der Waals surface area contributed by atoms with Crippen LogP contribution in [0.2, 0.25) is 5.15 Å². The summed E-state index contributed by atoms with van der Waals surface area (Å²) in [5.74, 6) is 0.330. The molecule has 12 heavy (non-hydrogen) atoms. The number of aromatic nitrogens is 2. The highest BCUT2D eigenvalue weighted by molar-refractivity contribution is 6.30. The van der Waals surface area contributed by atoms with Crippen LogP contribution in [0.3, 0.4) is 0 Å². The molecular weight excluding hydrogens is 182 g/mol. The van der Waals surface area contributed by atoms with Gasteiger partial charge in [-0.15, -0.1) is 0 Å². The highest BCUT2D eigenvalue weighted by Crippen LogP contribution is 2.21. The largest absolute Gasteiger partial charge is 0.382 e. The number of aliphatic hydroxyl groups excluding tert-OH is 1. The molecule has 0 fully saturated rings. The zero-order valence-corrected chi connectivity index (χ0v) is 7.38. The number of anilines is 1. The highest BCUT2D eigenvalue weighted by Gasteiger charge is 2.11. The van der Waals surface area contributed by atoms with Crippen LogP contribution >= 0.6 is 11.6 Å². The summed E-state index contributed by atoms with van der Waals surface area (Å²) in [4.78, 5) is 0. The molecule has 68 valence electrons. The van der Waals surface area contributed by atoms with Gasteiger partial charge in [0.05, 0.1) is 12.2 Å². The van der Waals surface area contributed by atoms with Crippen LogP contribution in [-0.2, 0) is 18.4 Å². The minimum absolute atomic E-state index is 0.176. The molecule has 6 heteroatoms. The Bertz CT molecular complexity index is 274. The van der Waals surface area contributed by atoms with Crippen LogP contribution in [0.5, 0.6) is 0 Å². The van der Waals surface area contributed by atoms with E-state index < -0.39 is 0 Å². The van der Waals surface area contributed by atoms with E-state index in [2.05, 4.69) is 5.10 Å². The Labute approximate surface area is 74.7 Å². The van der Waals surface area contributed by atoms with Crippen LogP contribution in [0, 0.1) is 0 Å². The van der Waals surface area contributed by atoms with Gasteiger partial charge in [0.15, 0.2) is 5.82 Å². The standard InChI is InChI=1S/C6H10ClN3O2/c1-10-5(7)4(2-12-3-11)6(8)9-10/h11H,2-3H2,1H3,(H2,8,9). The van der Waals surface area contributed by atoms with Gasteiger partial charge < -0.3 is 15.6 Å². The van der Waals surface area contributed by atoms with Crippen LogP contribution < -0.4 is 5.73 Å². The zero-order valence-electron chi connectivity index (χ0n) is 6.62. The van der Waals surface area contributed by atoms with Gasteiger partial charge in [0, 0.05) is 7.05 Å². The van der Waals surface area contributed by atoms with E-state index >= 15 is 0 Å². The van der Waals surface area contributed by atoms with Gasteiger partial charge in [-0.2, -0.15) is 5.10 Å². The molecule has 0 saturated carbocycles. The average Bonchev–Trinajstić information content (AvgIpc) is 2.25. The normalized spacial score (nSPS) is 10.6. The topological polar surface area (TPSA) is 73.3 Å². The Morgan fingerprint density at radius 2 is 2.42 bits per heavy atom. The molecule has 0 atom stereocenters. The fraction of sp³-hybridized carbons (Fsp3) is 0.500. The van der Waals surface area contributed by atoms with Gasteiger partial charge in [0.1, 0.15) is 11.9 Å². The molecule has 0 amide bonds. The summed E-state index contributed by atoms with van der Waals surface area (Å²) in [6.45, 7) is -0.181. The van der Waals surface area contributed by atoms with Crippen LogP contribution in [0.15, 0.2) is 0 Å². The Hall–Kier alpha value is -0.780. The number of halogens is 1. The van der Waals surface area contributed by atoms with E-state index in [-0.39, 0.29) is 13.4 Å². The lowest BCUT2D eigenvalue weighted by Crippen LogP contribution is -1.97. The average molecular weight is 192 g/mol. The molecule has 5 nitrogen and oxygen atoms in total. The third-order valence-electron chi connectivity index (χ3n) is 1.44. The maximum atomic E-state index is 8.38. The molecule has 1 aromatic heterocycles. The first-order chi connectivity index (χ1) is 5.66. The number of aryl methyl sites for hydroxylation is 1. The summed E-state index contributed by atoms with van der Waals surface area (Å²) in [6, 6.07) is 0. The van der Waals surface area contributed by atoms with Crippen LogP contribution in [0.4, 0.5) is 5.82 Å². The van der Waals surface area contributed by atoms with Gasteiger partial charge in [-0.3, -0.25) is 4.68 Å². The summed E-state index contributed by atoms with van der Waals surface area (Å²) in [6.07, 6.45) is 0. The SMILES string of the molecule is Cn1nc(N)c(COCO)c1Cl. The lowest BCUT2D eigenvalue weighted by molar-refractivity contribution is -0.0110. The summed E-state index contributed by atoms with van der Waals surface area (Å²) in [7, 11) is 1.68. The number of nitrogen functional groups attached to an aromatic ring is 1. The highest BCUT2D eigenvalue weighted by atomic mass is 35.5. The van der Waals surface area contributed by atoms with E-state index in [0.29, 0.717) is 16.5 Å². The summed E-state index contributed by atoms with van der Waals surface area (Å²) < 4.78 is 6.18. The second kappa shape index (κ2) is 3.75. The molecule has 3 N–H and O–H groups in total. The molecule has 0 aliphatic carbocycles. The maximum Gasteiger partial charge on any atom is 0.152 e. The molecule has 0 radical (unpaired) electrons. The molecule has 0 unspecified atom stereocenters. The van der Waals surface area contributed by atoms with Crippen LogP contribution in [0.1, 0.15) is 5.56 Å². The van der Waals surface area contributed by atoms with E-state index in [1.807, 2.05) is 0 Å². The van der Waals surface area contributed by atoms with Crippen molar-refractivity contribution in [1.29, 1.82) is 0 Å². The number of nitrogens with zero attached hydrogens (tertiary/aromatic N) is 2. The number of hydrogen-bond acceptors (Lipinski definition) is 4. The van der Waals surface area contributed by atoms with E-state index in [1.165, 1.54) is 4.68 Å². The fourth-order valence-corrected chi connectivity index (χ4v) is 1.04. The van der Waals surface area contributed by atoms with Crippen molar-refractivity contribution in [3.8, 4) is 0 Å².